The van der Waals surface area contributed by atoms with Crippen LogP contribution in [0.4, 0.5) is 13.2 Å². The van der Waals surface area contributed by atoms with E-state index in [-0.39, 0.29) is 16.4 Å². The number of hydrogen-bond donors (Lipinski definition) is 2. The number of fused-ring (bicyclic) bond motifs is 1. The molecule has 0 aliphatic heterocycles. The monoisotopic (exact) mass is 475 g/mol. The summed E-state index contributed by atoms with van der Waals surface area (Å²) < 4.78 is 71.2. The lowest BCUT2D eigenvalue weighted by molar-refractivity contribution is -0.137. The molecule has 4 aromatic rings. The lowest BCUT2D eigenvalue weighted by Gasteiger charge is -2.14. The van der Waals surface area contributed by atoms with Crippen molar-refractivity contribution in [3.63, 3.8) is 0 Å². The topological polar surface area (TPSA) is 101 Å². The summed E-state index contributed by atoms with van der Waals surface area (Å²) in [5.74, 6) is 0.340. The van der Waals surface area contributed by atoms with Crippen LogP contribution in [0.25, 0.3) is 22.0 Å². The molecule has 1 aromatic heterocycles. The summed E-state index contributed by atoms with van der Waals surface area (Å²) >= 11 is 0. The van der Waals surface area contributed by atoms with Gasteiger partial charge in [0, 0.05) is 5.56 Å². The Morgan fingerprint density at radius 1 is 1.00 bits per heavy atom. The number of aromatic nitrogens is 2. The van der Waals surface area contributed by atoms with Crippen LogP contribution in [-0.4, -0.2) is 25.4 Å². The first kappa shape index (κ1) is 22.5. The van der Waals surface area contributed by atoms with Crippen LogP contribution in [0.3, 0.4) is 0 Å². The van der Waals surface area contributed by atoms with Crippen molar-refractivity contribution in [2.45, 2.75) is 11.1 Å². The van der Waals surface area contributed by atoms with Crippen molar-refractivity contribution in [3.05, 3.63) is 82.9 Å². The van der Waals surface area contributed by atoms with E-state index < -0.39 is 27.3 Å². The molecule has 7 nitrogen and oxygen atoms in total. The highest BCUT2D eigenvalue weighted by atomic mass is 32.2. The third-order valence-electron chi connectivity index (χ3n) is 4.90. The van der Waals surface area contributed by atoms with Gasteiger partial charge in [-0.25, -0.2) is 13.1 Å². The minimum atomic E-state index is -4.48. The van der Waals surface area contributed by atoms with Gasteiger partial charge in [-0.2, -0.15) is 18.2 Å². The van der Waals surface area contributed by atoms with Crippen molar-refractivity contribution in [1.29, 1.82) is 0 Å². The SMILES string of the molecule is CNS(=O)(=O)c1ccc(Oc2ccc(C(F)(F)F)cc2)c(-c2ccc3c(=O)nc[nH]c3c2)c1. The molecule has 0 spiro atoms. The van der Waals surface area contributed by atoms with Crippen molar-refractivity contribution in [3.8, 4) is 22.6 Å². The standard InChI is InChI=1S/C22H16F3N3O4S/c1-26-33(30,31)16-7-9-20(32-15-5-3-14(4-6-15)22(23,24)25)18(11-16)13-2-8-17-19(10-13)27-12-28-21(17)29/h2-12,26H,1H3,(H,27,28,29). The number of ether oxygens (including phenoxy) is 1. The maximum atomic E-state index is 12.8. The van der Waals surface area contributed by atoms with Crippen molar-refractivity contribution in [2.75, 3.05) is 7.05 Å². The van der Waals surface area contributed by atoms with Gasteiger partial charge < -0.3 is 9.72 Å². The molecule has 11 heteroatoms. The molecule has 0 aliphatic rings. The predicted molar refractivity (Wildman–Crippen MR) is 116 cm³/mol. The van der Waals surface area contributed by atoms with Gasteiger partial charge in [0.2, 0.25) is 10.0 Å². The number of hydrogen-bond acceptors (Lipinski definition) is 5. The van der Waals surface area contributed by atoms with Crippen LogP contribution in [0.2, 0.25) is 0 Å². The number of halogens is 3. The Kier molecular flexibility index (Phi) is 5.68. The van der Waals surface area contributed by atoms with E-state index in [0.29, 0.717) is 22.0 Å². The largest absolute Gasteiger partial charge is 0.457 e. The van der Waals surface area contributed by atoms with Crippen molar-refractivity contribution < 1.29 is 26.3 Å². The van der Waals surface area contributed by atoms with E-state index in [0.717, 1.165) is 12.1 Å². The molecular weight excluding hydrogens is 459 g/mol. The second kappa shape index (κ2) is 8.34. The molecule has 0 fully saturated rings. The Morgan fingerprint density at radius 2 is 1.73 bits per heavy atom. The van der Waals surface area contributed by atoms with E-state index in [4.69, 9.17) is 4.74 Å². The smallest absolute Gasteiger partial charge is 0.416 e. The Balaban J connectivity index is 1.83. The average Bonchev–Trinajstić information content (AvgIpc) is 2.79. The van der Waals surface area contributed by atoms with Gasteiger partial charge in [-0.05, 0) is 67.2 Å². The molecule has 0 saturated heterocycles. The molecule has 0 bridgehead atoms. The lowest BCUT2D eigenvalue weighted by atomic mass is 10.0. The van der Waals surface area contributed by atoms with Gasteiger partial charge in [0.15, 0.2) is 0 Å². The van der Waals surface area contributed by atoms with Crippen molar-refractivity contribution in [1.82, 2.24) is 14.7 Å². The van der Waals surface area contributed by atoms with Gasteiger partial charge in [0.25, 0.3) is 5.56 Å². The second-order valence-corrected chi connectivity index (χ2v) is 8.84. The molecule has 0 aliphatic carbocycles. The number of alkyl halides is 3. The summed E-state index contributed by atoms with van der Waals surface area (Å²) in [5, 5.41) is 0.338. The summed E-state index contributed by atoms with van der Waals surface area (Å²) in [4.78, 5) is 18.4. The Labute approximate surface area is 185 Å². The Bertz CT molecular complexity index is 1500. The van der Waals surface area contributed by atoms with Crippen LogP contribution in [-0.2, 0) is 16.2 Å². The maximum absolute atomic E-state index is 12.8. The van der Waals surface area contributed by atoms with E-state index in [2.05, 4.69) is 14.7 Å². The van der Waals surface area contributed by atoms with E-state index >= 15 is 0 Å². The fourth-order valence-corrected chi connectivity index (χ4v) is 3.95. The molecule has 0 radical (unpaired) electrons. The van der Waals surface area contributed by atoms with E-state index in [1.54, 1.807) is 12.1 Å². The van der Waals surface area contributed by atoms with Crippen LogP contribution < -0.4 is 15.0 Å². The van der Waals surface area contributed by atoms with Crippen molar-refractivity contribution in [2.24, 2.45) is 0 Å². The van der Waals surface area contributed by atoms with Gasteiger partial charge in [-0.15, -0.1) is 0 Å². The number of sulfonamides is 1. The molecule has 4 rings (SSSR count). The van der Waals surface area contributed by atoms with E-state index in [1.165, 1.54) is 49.8 Å². The average molecular weight is 475 g/mol. The molecule has 33 heavy (non-hydrogen) atoms. The maximum Gasteiger partial charge on any atom is 0.416 e. The zero-order chi connectivity index (χ0) is 23.8. The van der Waals surface area contributed by atoms with Crippen LogP contribution in [0.15, 0.2) is 76.7 Å². The third kappa shape index (κ3) is 4.59. The van der Waals surface area contributed by atoms with E-state index in [1.807, 2.05) is 0 Å². The number of benzene rings is 3. The number of rotatable bonds is 5. The molecule has 170 valence electrons. The molecule has 3 aromatic carbocycles. The Morgan fingerprint density at radius 3 is 2.39 bits per heavy atom. The zero-order valence-corrected chi connectivity index (χ0v) is 17.8. The summed E-state index contributed by atoms with van der Waals surface area (Å²) in [6.07, 6.45) is -3.24. The molecule has 2 N–H and O–H groups in total. The molecule has 0 amide bonds. The highest BCUT2D eigenvalue weighted by Gasteiger charge is 2.30. The zero-order valence-electron chi connectivity index (χ0n) is 17.0. The number of H-pyrrole nitrogens is 1. The quantitative estimate of drug-likeness (QED) is 0.448. The first-order chi connectivity index (χ1) is 15.6. The lowest BCUT2D eigenvalue weighted by Crippen LogP contribution is -2.18. The van der Waals surface area contributed by atoms with Crippen molar-refractivity contribution >= 4 is 20.9 Å². The summed E-state index contributed by atoms with van der Waals surface area (Å²) in [5.41, 5.74) is 0.0840. The van der Waals surface area contributed by atoms with Crippen LogP contribution in [0.5, 0.6) is 11.5 Å². The summed E-state index contributed by atoms with van der Waals surface area (Å²) in [6, 6.07) is 13.0. The molecule has 0 unspecified atom stereocenters. The van der Waals surface area contributed by atoms with Gasteiger partial charge >= 0.3 is 6.18 Å². The highest BCUT2D eigenvalue weighted by molar-refractivity contribution is 7.89. The van der Waals surface area contributed by atoms with Gasteiger partial charge in [0.05, 0.1) is 27.7 Å². The number of aromatic amines is 1. The first-order valence-corrected chi connectivity index (χ1v) is 11.0. The fourth-order valence-electron chi connectivity index (χ4n) is 3.20. The minimum Gasteiger partial charge on any atom is -0.457 e. The van der Waals surface area contributed by atoms with Gasteiger partial charge in [0.1, 0.15) is 11.5 Å². The Hall–Kier alpha value is -3.70. The highest BCUT2D eigenvalue weighted by Crippen LogP contribution is 2.37. The van der Waals surface area contributed by atoms with Gasteiger partial charge in [-0.3, -0.25) is 4.79 Å². The molecule has 0 saturated carbocycles. The number of nitrogens with one attached hydrogen (secondary N) is 2. The van der Waals surface area contributed by atoms with Crippen LogP contribution in [0.1, 0.15) is 5.56 Å². The van der Waals surface area contributed by atoms with Crippen LogP contribution in [0, 0.1) is 0 Å². The summed E-state index contributed by atoms with van der Waals surface area (Å²) in [6.45, 7) is 0. The van der Waals surface area contributed by atoms with Crippen LogP contribution >= 0.6 is 0 Å². The molecule has 1 heterocycles. The van der Waals surface area contributed by atoms with Gasteiger partial charge in [-0.1, -0.05) is 6.07 Å². The predicted octanol–water partition coefficient (Wildman–Crippen LogP) is 4.31. The number of nitrogens with zero attached hydrogens (tertiary/aromatic N) is 1. The minimum absolute atomic E-state index is 0.0388. The molecule has 0 atom stereocenters. The fraction of sp³-hybridized carbons (Fsp3) is 0.0909. The normalized spacial score (nSPS) is 12.1. The molecular formula is C22H16F3N3O4S. The second-order valence-electron chi connectivity index (χ2n) is 6.96. The van der Waals surface area contributed by atoms with E-state index in [9.17, 15) is 26.4 Å². The summed E-state index contributed by atoms with van der Waals surface area (Å²) in [7, 11) is -2.51. The third-order valence-corrected chi connectivity index (χ3v) is 6.31. The first-order valence-electron chi connectivity index (χ1n) is 9.49.